The Hall–Kier alpha value is -2.24. The number of anilines is 1. The molecule has 0 aromatic heterocycles. The first-order chi connectivity index (χ1) is 9.10. The molecule has 0 bridgehead atoms. The SMILES string of the molecule is COC(=O)c1cc(N)ccc1OCC(=O)NC1CC1. The summed E-state index contributed by atoms with van der Waals surface area (Å²) in [6.07, 6.45) is 2.03. The second-order valence-electron chi connectivity index (χ2n) is 4.38. The van der Waals surface area contributed by atoms with E-state index in [1.54, 1.807) is 12.1 Å². The van der Waals surface area contributed by atoms with Crippen LogP contribution in [0.5, 0.6) is 5.75 Å². The van der Waals surface area contributed by atoms with Gasteiger partial charge in [-0.2, -0.15) is 0 Å². The van der Waals surface area contributed by atoms with Gasteiger partial charge in [-0.1, -0.05) is 0 Å². The highest BCUT2D eigenvalue weighted by molar-refractivity contribution is 5.93. The number of amides is 1. The zero-order chi connectivity index (χ0) is 13.8. The number of carbonyl (C=O) groups excluding carboxylic acids is 2. The number of carbonyl (C=O) groups is 2. The fourth-order valence-corrected chi connectivity index (χ4v) is 1.58. The number of rotatable bonds is 5. The Kier molecular flexibility index (Phi) is 3.89. The average Bonchev–Trinajstić information content (AvgIpc) is 3.20. The van der Waals surface area contributed by atoms with Gasteiger partial charge in [0.25, 0.3) is 5.91 Å². The molecule has 0 atom stereocenters. The van der Waals surface area contributed by atoms with Gasteiger partial charge < -0.3 is 20.5 Å². The first kappa shape index (κ1) is 13.2. The van der Waals surface area contributed by atoms with Crippen molar-refractivity contribution in [2.75, 3.05) is 19.5 Å². The molecule has 1 aromatic rings. The van der Waals surface area contributed by atoms with Crippen LogP contribution in [0, 0.1) is 0 Å². The highest BCUT2D eigenvalue weighted by Gasteiger charge is 2.23. The highest BCUT2D eigenvalue weighted by Crippen LogP contribution is 2.22. The third-order valence-electron chi connectivity index (χ3n) is 2.71. The third kappa shape index (κ3) is 3.61. The van der Waals surface area contributed by atoms with E-state index in [1.165, 1.54) is 13.2 Å². The molecule has 0 aliphatic heterocycles. The number of ether oxygens (including phenoxy) is 2. The van der Waals surface area contributed by atoms with Gasteiger partial charge in [0, 0.05) is 11.7 Å². The molecule has 102 valence electrons. The fourth-order valence-electron chi connectivity index (χ4n) is 1.58. The van der Waals surface area contributed by atoms with E-state index in [9.17, 15) is 9.59 Å². The van der Waals surface area contributed by atoms with E-state index in [2.05, 4.69) is 10.1 Å². The second kappa shape index (κ2) is 5.60. The van der Waals surface area contributed by atoms with Gasteiger partial charge in [-0.15, -0.1) is 0 Å². The van der Waals surface area contributed by atoms with E-state index in [0.29, 0.717) is 5.69 Å². The van der Waals surface area contributed by atoms with Crippen LogP contribution >= 0.6 is 0 Å². The predicted octanol–water partition coefficient (Wildman–Crippen LogP) is 0.713. The van der Waals surface area contributed by atoms with Crippen LogP contribution in [0.3, 0.4) is 0 Å². The third-order valence-corrected chi connectivity index (χ3v) is 2.71. The van der Waals surface area contributed by atoms with Gasteiger partial charge in [0.15, 0.2) is 6.61 Å². The van der Waals surface area contributed by atoms with Crippen molar-refractivity contribution in [3.8, 4) is 5.75 Å². The van der Waals surface area contributed by atoms with Crippen molar-refractivity contribution in [2.45, 2.75) is 18.9 Å². The lowest BCUT2D eigenvalue weighted by Gasteiger charge is -2.10. The minimum Gasteiger partial charge on any atom is -0.483 e. The van der Waals surface area contributed by atoms with Gasteiger partial charge in [-0.25, -0.2) is 4.79 Å². The lowest BCUT2D eigenvalue weighted by atomic mass is 10.2. The van der Waals surface area contributed by atoms with Crippen molar-refractivity contribution in [3.05, 3.63) is 23.8 Å². The molecule has 0 radical (unpaired) electrons. The van der Waals surface area contributed by atoms with E-state index < -0.39 is 5.97 Å². The lowest BCUT2D eigenvalue weighted by Crippen LogP contribution is -2.30. The number of nitrogens with two attached hydrogens (primary N) is 1. The van der Waals surface area contributed by atoms with Gasteiger partial charge in [0.05, 0.1) is 7.11 Å². The molecular formula is C13H16N2O4. The maximum atomic E-state index is 11.6. The monoisotopic (exact) mass is 264 g/mol. The molecule has 0 saturated heterocycles. The Bertz CT molecular complexity index is 497. The average molecular weight is 264 g/mol. The van der Waals surface area contributed by atoms with E-state index in [-0.39, 0.29) is 29.9 Å². The molecular weight excluding hydrogens is 248 g/mol. The zero-order valence-corrected chi connectivity index (χ0v) is 10.6. The van der Waals surface area contributed by atoms with Crippen LogP contribution in [0.1, 0.15) is 23.2 Å². The Morgan fingerprint density at radius 3 is 2.79 bits per heavy atom. The quantitative estimate of drug-likeness (QED) is 0.604. The molecule has 0 heterocycles. The molecule has 0 spiro atoms. The number of nitrogens with one attached hydrogen (secondary N) is 1. The number of hydrogen-bond donors (Lipinski definition) is 2. The standard InChI is InChI=1S/C13H16N2O4/c1-18-13(17)10-6-8(14)2-5-11(10)19-7-12(16)15-9-3-4-9/h2,5-6,9H,3-4,7,14H2,1H3,(H,15,16). The summed E-state index contributed by atoms with van der Waals surface area (Å²) in [4.78, 5) is 23.1. The number of methoxy groups -OCH3 is 1. The fraction of sp³-hybridized carbons (Fsp3) is 0.385. The largest absolute Gasteiger partial charge is 0.483 e. The zero-order valence-electron chi connectivity index (χ0n) is 10.6. The van der Waals surface area contributed by atoms with Crippen molar-refractivity contribution in [1.82, 2.24) is 5.32 Å². The topological polar surface area (TPSA) is 90.7 Å². The Labute approximate surface area is 110 Å². The number of benzene rings is 1. The van der Waals surface area contributed by atoms with Gasteiger partial charge in [0.2, 0.25) is 0 Å². The molecule has 1 fully saturated rings. The van der Waals surface area contributed by atoms with Gasteiger partial charge >= 0.3 is 5.97 Å². The van der Waals surface area contributed by atoms with Crippen molar-refractivity contribution in [3.63, 3.8) is 0 Å². The Morgan fingerprint density at radius 2 is 2.16 bits per heavy atom. The predicted molar refractivity (Wildman–Crippen MR) is 68.9 cm³/mol. The molecule has 1 aliphatic carbocycles. The van der Waals surface area contributed by atoms with E-state index in [1.807, 2.05) is 0 Å². The van der Waals surface area contributed by atoms with Crippen molar-refractivity contribution < 1.29 is 19.1 Å². The van der Waals surface area contributed by atoms with Crippen LogP contribution in [-0.2, 0) is 9.53 Å². The summed E-state index contributed by atoms with van der Waals surface area (Å²) in [5.41, 5.74) is 6.24. The number of hydrogen-bond acceptors (Lipinski definition) is 5. The molecule has 1 aromatic carbocycles. The Morgan fingerprint density at radius 1 is 1.42 bits per heavy atom. The van der Waals surface area contributed by atoms with Gasteiger partial charge in [-0.05, 0) is 31.0 Å². The van der Waals surface area contributed by atoms with Crippen LogP contribution in [-0.4, -0.2) is 31.6 Å². The Balaban J connectivity index is 2.01. The first-order valence-electron chi connectivity index (χ1n) is 6.00. The van der Waals surface area contributed by atoms with Crippen LogP contribution in [0.25, 0.3) is 0 Å². The maximum Gasteiger partial charge on any atom is 0.341 e. The van der Waals surface area contributed by atoms with E-state index >= 15 is 0 Å². The van der Waals surface area contributed by atoms with Crippen LogP contribution < -0.4 is 15.8 Å². The molecule has 6 heteroatoms. The smallest absolute Gasteiger partial charge is 0.341 e. The highest BCUT2D eigenvalue weighted by atomic mass is 16.5. The minimum absolute atomic E-state index is 0.135. The normalized spacial score (nSPS) is 13.7. The summed E-state index contributed by atoms with van der Waals surface area (Å²) in [5, 5.41) is 2.79. The summed E-state index contributed by atoms with van der Waals surface area (Å²) in [6.45, 7) is -0.135. The van der Waals surface area contributed by atoms with E-state index in [0.717, 1.165) is 12.8 Å². The van der Waals surface area contributed by atoms with Gasteiger partial charge in [-0.3, -0.25) is 4.79 Å². The summed E-state index contributed by atoms with van der Waals surface area (Å²) in [5.74, 6) is -0.466. The van der Waals surface area contributed by atoms with Gasteiger partial charge in [0.1, 0.15) is 11.3 Å². The van der Waals surface area contributed by atoms with Crippen molar-refractivity contribution in [1.29, 1.82) is 0 Å². The summed E-state index contributed by atoms with van der Waals surface area (Å²) in [7, 11) is 1.27. The molecule has 1 saturated carbocycles. The molecule has 19 heavy (non-hydrogen) atoms. The molecule has 6 nitrogen and oxygen atoms in total. The number of esters is 1. The molecule has 1 aliphatic rings. The van der Waals surface area contributed by atoms with E-state index in [4.69, 9.17) is 10.5 Å². The van der Waals surface area contributed by atoms with Crippen molar-refractivity contribution >= 4 is 17.6 Å². The molecule has 3 N–H and O–H groups in total. The minimum atomic E-state index is -0.551. The van der Waals surface area contributed by atoms with Crippen LogP contribution in [0.4, 0.5) is 5.69 Å². The second-order valence-corrected chi connectivity index (χ2v) is 4.38. The summed E-state index contributed by atoms with van der Waals surface area (Å²) < 4.78 is 9.98. The summed E-state index contributed by atoms with van der Waals surface area (Å²) >= 11 is 0. The first-order valence-corrected chi connectivity index (χ1v) is 6.00. The molecule has 2 rings (SSSR count). The van der Waals surface area contributed by atoms with Crippen molar-refractivity contribution in [2.24, 2.45) is 0 Å². The van der Waals surface area contributed by atoms with Crippen LogP contribution in [0.2, 0.25) is 0 Å². The molecule has 0 unspecified atom stereocenters. The maximum absolute atomic E-state index is 11.6. The number of nitrogen functional groups attached to an aromatic ring is 1. The van der Waals surface area contributed by atoms with Crippen LogP contribution in [0.15, 0.2) is 18.2 Å². The lowest BCUT2D eigenvalue weighted by molar-refractivity contribution is -0.123. The summed E-state index contributed by atoms with van der Waals surface area (Å²) in [6, 6.07) is 4.88. The molecule has 1 amide bonds.